The third kappa shape index (κ3) is 7.95. The van der Waals surface area contributed by atoms with E-state index in [9.17, 15) is 52.8 Å². The number of benzene rings is 3. The van der Waals surface area contributed by atoms with Crippen LogP contribution in [0.4, 0.5) is 24.5 Å². The monoisotopic (exact) mass is 872 g/mol. The Labute approximate surface area is 355 Å². The summed E-state index contributed by atoms with van der Waals surface area (Å²) in [6, 6.07) is 16.4. The van der Waals surface area contributed by atoms with Gasteiger partial charge in [-0.3, -0.25) is 19.2 Å². The fraction of sp³-hybridized carbons (Fsp3) is 0.209. The van der Waals surface area contributed by atoms with Gasteiger partial charge in [-0.25, -0.2) is 0 Å². The molecule has 7 rings (SSSR count). The summed E-state index contributed by atoms with van der Waals surface area (Å²) in [5.74, 6) is -3.26. The van der Waals surface area contributed by atoms with Gasteiger partial charge in [0, 0.05) is 33.1 Å². The number of aromatic hydroxyl groups is 2. The molecule has 0 radical (unpaired) electrons. The van der Waals surface area contributed by atoms with Crippen LogP contribution in [0.2, 0.25) is 0 Å². The molecule has 322 valence electrons. The van der Waals surface area contributed by atoms with Crippen molar-refractivity contribution in [3.8, 4) is 22.6 Å². The second kappa shape index (κ2) is 16.8. The lowest BCUT2D eigenvalue weighted by Gasteiger charge is -2.33. The summed E-state index contributed by atoms with van der Waals surface area (Å²) in [6.45, 7) is 0. The molecule has 15 nitrogen and oxygen atoms in total. The highest BCUT2D eigenvalue weighted by Gasteiger charge is 2.48. The quantitative estimate of drug-likeness (QED) is 0.0672. The second-order valence-electron chi connectivity index (χ2n) is 14.7. The number of halogens is 3. The number of nitrogens with one attached hydrogen (secondary N) is 4. The zero-order valence-electron chi connectivity index (χ0n) is 33.2. The summed E-state index contributed by atoms with van der Waals surface area (Å²) < 4.78 is 50.5. The first-order valence-electron chi connectivity index (χ1n) is 18.7. The van der Waals surface area contributed by atoms with Crippen molar-refractivity contribution in [1.29, 1.82) is 0 Å². The number of hydrogen-bond acceptors (Lipinski definition) is 14. The number of carbonyl (C=O) groups is 4. The highest BCUT2D eigenvalue weighted by Crippen LogP contribution is 2.44. The smallest absolute Gasteiger partial charge is 0.413 e. The van der Waals surface area contributed by atoms with E-state index < -0.39 is 76.7 Å². The highest BCUT2D eigenvalue weighted by atomic mass is 32.1. The highest BCUT2D eigenvalue weighted by molar-refractivity contribution is 7.10. The van der Waals surface area contributed by atoms with Crippen LogP contribution in [0, 0.1) is 0 Å². The lowest BCUT2D eigenvalue weighted by atomic mass is 9.91. The topological polar surface area (TPSA) is 217 Å². The van der Waals surface area contributed by atoms with Gasteiger partial charge < -0.3 is 55.9 Å². The van der Waals surface area contributed by atoms with Crippen LogP contribution in [0.5, 0.6) is 11.5 Å². The van der Waals surface area contributed by atoms with E-state index in [1.807, 2.05) is 0 Å². The molecule has 2 amide bonds. The molecule has 0 aliphatic heterocycles. The number of thiophene rings is 1. The molecule has 4 unspecified atom stereocenters. The first kappa shape index (κ1) is 43.0. The zero-order valence-corrected chi connectivity index (χ0v) is 34.1. The minimum atomic E-state index is -4.94. The molecule has 2 heterocycles. The van der Waals surface area contributed by atoms with E-state index in [2.05, 4.69) is 21.3 Å². The zero-order chi connectivity index (χ0) is 44.8. The SMILES string of the molecule is CN(C)C(=O)c1cccc(NC2=C(NC(c3ccc(-c4ccsc4C(NC4=C(Nc5cccc(C(=O)N(C)C)c5O)C(=O)C4O)C(F)(F)F)cc3)c3ccco3)C(O)C2=O)c1O. The average molecular weight is 873 g/mol. The van der Waals surface area contributed by atoms with Gasteiger partial charge in [0.2, 0.25) is 11.6 Å². The largest absolute Gasteiger partial charge is 0.505 e. The fourth-order valence-corrected chi connectivity index (χ4v) is 7.88. The summed E-state index contributed by atoms with van der Waals surface area (Å²) in [6.07, 6.45) is -7.04. The van der Waals surface area contributed by atoms with Crippen LogP contribution in [0.15, 0.2) is 118 Å². The van der Waals surface area contributed by atoms with Crippen molar-refractivity contribution in [3.63, 3.8) is 0 Å². The Hall–Kier alpha value is -7.09. The van der Waals surface area contributed by atoms with Gasteiger partial charge in [0.05, 0.1) is 40.2 Å². The molecule has 0 bridgehead atoms. The number of phenols is 2. The van der Waals surface area contributed by atoms with Crippen molar-refractivity contribution in [2.75, 3.05) is 38.8 Å². The Morgan fingerprint density at radius 1 is 0.726 bits per heavy atom. The maximum absolute atomic E-state index is 14.9. The van der Waals surface area contributed by atoms with Crippen LogP contribution in [0.3, 0.4) is 0 Å². The number of furan rings is 1. The number of Topliss-reactive ketones (excluding diaryl/α,β-unsaturated/α-hetero) is 2. The van der Waals surface area contributed by atoms with Gasteiger partial charge in [-0.05, 0) is 64.5 Å². The summed E-state index contributed by atoms with van der Waals surface area (Å²) in [5.41, 5.74) is -0.0962. The summed E-state index contributed by atoms with van der Waals surface area (Å²) in [5, 5.41) is 55.3. The molecule has 2 aliphatic carbocycles. The van der Waals surface area contributed by atoms with Gasteiger partial charge in [0.15, 0.2) is 29.7 Å². The van der Waals surface area contributed by atoms with Crippen molar-refractivity contribution >= 4 is 46.1 Å². The van der Waals surface area contributed by atoms with E-state index >= 15 is 0 Å². The molecule has 19 heteroatoms. The Morgan fingerprint density at radius 2 is 1.24 bits per heavy atom. The number of ketones is 2. The van der Waals surface area contributed by atoms with Gasteiger partial charge >= 0.3 is 6.18 Å². The van der Waals surface area contributed by atoms with E-state index in [0.29, 0.717) is 16.9 Å². The lowest BCUT2D eigenvalue weighted by molar-refractivity contribution is -0.157. The van der Waals surface area contributed by atoms with Crippen molar-refractivity contribution in [2.24, 2.45) is 0 Å². The number of phenolic OH excluding ortho intramolecular Hbond substituents is 2. The molecule has 8 N–H and O–H groups in total. The number of amides is 2. The number of carbonyl (C=O) groups excluding carboxylic acids is 4. The molecule has 0 saturated heterocycles. The number of aliphatic hydroxyl groups excluding tert-OH is 2. The second-order valence-corrected chi connectivity index (χ2v) is 15.6. The van der Waals surface area contributed by atoms with Crippen LogP contribution in [-0.2, 0) is 9.59 Å². The molecule has 0 spiro atoms. The summed E-state index contributed by atoms with van der Waals surface area (Å²) in [7, 11) is 5.96. The number of nitrogens with zero attached hydrogens (tertiary/aromatic N) is 2. The van der Waals surface area contributed by atoms with Gasteiger partial charge in [-0.15, -0.1) is 11.3 Å². The van der Waals surface area contributed by atoms with E-state index in [0.717, 1.165) is 11.3 Å². The third-order valence-electron chi connectivity index (χ3n) is 10.2. The number of hydrogen-bond donors (Lipinski definition) is 8. The van der Waals surface area contributed by atoms with Crippen LogP contribution in [0.1, 0.15) is 49.0 Å². The van der Waals surface area contributed by atoms with Gasteiger partial charge in [-0.1, -0.05) is 36.4 Å². The fourth-order valence-electron chi connectivity index (χ4n) is 6.88. The van der Waals surface area contributed by atoms with Crippen molar-refractivity contribution in [3.05, 3.63) is 141 Å². The molecule has 2 aliphatic rings. The third-order valence-corrected chi connectivity index (χ3v) is 11.2. The van der Waals surface area contributed by atoms with Crippen molar-refractivity contribution in [1.82, 2.24) is 20.4 Å². The van der Waals surface area contributed by atoms with Crippen LogP contribution < -0.4 is 21.3 Å². The molecular weight excluding hydrogens is 834 g/mol. The molecule has 0 fully saturated rings. The minimum Gasteiger partial charge on any atom is -0.505 e. The van der Waals surface area contributed by atoms with Gasteiger partial charge in [-0.2, -0.15) is 13.2 Å². The first-order valence-corrected chi connectivity index (χ1v) is 19.6. The Kier molecular flexibility index (Phi) is 11.6. The molecule has 62 heavy (non-hydrogen) atoms. The minimum absolute atomic E-state index is 0.0187. The maximum Gasteiger partial charge on any atom is 0.413 e. The Bertz CT molecular complexity index is 2640. The number of rotatable bonds is 14. The van der Waals surface area contributed by atoms with Crippen LogP contribution >= 0.6 is 11.3 Å². The number of aliphatic hydroxyl groups is 2. The van der Waals surface area contributed by atoms with Gasteiger partial charge in [0.1, 0.15) is 23.2 Å². The van der Waals surface area contributed by atoms with Crippen LogP contribution in [0.25, 0.3) is 11.1 Å². The van der Waals surface area contributed by atoms with E-state index in [-0.39, 0.29) is 44.3 Å². The Morgan fingerprint density at radius 3 is 1.71 bits per heavy atom. The predicted octanol–water partition coefficient (Wildman–Crippen LogP) is 5.23. The molecule has 2 aromatic heterocycles. The molecule has 3 aromatic carbocycles. The van der Waals surface area contributed by atoms with Crippen molar-refractivity contribution < 1.29 is 57.2 Å². The predicted molar refractivity (Wildman–Crippen MR) is 221 cm³/mol. The standard InChI is InChI=1S/C43H39F3N6O9S/c1-51(2)41(59)23-8-5-10-25(33(23)53)47-29-31(37(57)35(29)55)49-28(27-12-7-18-61-27)21-15-13-20(14-16-21)22-17-19-62-39(22)40(43(44,45)46)50-32-30(36(56)38(32)58)48-26-11-6-9-24(34(26)54)42(60)52(3)4/h5-19,28,37-38,40,47-50,53-54,57-58H,1-4H3. The summed E-state index contributed by atoms with van der Waals surface area (Å²) >= 11 is 0.794. The van der Waals surface area contributed by atoms with Gasteiger partial charge in [0.25, 0.3) is 11.8 Å². The number of para-hydroxylation sites is 2. The lowest BCUT2D eigenvalue weighted by Crippen LogP contribution is -2.48. The summed E-state index contributed by atoms with van der Waals surface area (Å²) in [4.78, 5) is 53.1. The Balaban J connectivity index is 1.17. The first-order chi connectivity index (χ1) is 29.4. The van der Waals surface area contributed by atoms with E-state index in [4.69, 9.17) is 4.42 Å². The van der Waals surface area contributed by atoms with E-state index in [1.165, 1.54) is 92.1 Å². The average Bonchev–Trinajstić information content (AvgIpc) is 3.96. The molecule has 0 saturated carbocycles. The molecular formula is C43H39F3N6O9S. The van der Waals surface area contributed by atoms with E-state index in [1.54, 1.807) is 36.4 Å². The molecule has 5 aromatic rings. The van der Waals surface area contributed by atoms with Crippen molar-refractivity contribution in [2.45, 2.75) is 30.5 Å². The number of alkyl halides is 3. The molecule has 4 atom stereocenters. The maximum atomic E-state index is 14.9. The van der Waals surface area contributed by atoms with Crippen LogP contribution in [-0.4, -0.2) is 100 Å². The number of anilines is 2. The normalized spacial score (nSPS) is 17.2.